The Morgan fingerprint density at radius 1 is 1.38 bits per heavy atom. The fourth-order valence-corrected chi connectivity index (χ4v) is 3.18. The zero-order valence-electron chi connectivity index (χ0n) is 14.1. The van der Waals surface area contributed by atoms with Crippen molar-refractivity contribution in [2.24, 2.45) is 5.92 Å². The molecular formula is C16H22BrN5OS. The molecule has 0 aromatic carbocycles. The quantitative estimate of drug-likeness (QED) is 0.533. The van der Waals surface area contributed by atoms with Crippen LogP contribution in [0.25, 0.3) is 0 Å². The second-order valence-electron chi connectivity index (χ2n) is 5.86. The average molecular weight is 412 g/mol. The number of amides is 1. The van der Waals surface area contributed by atoms with Crippen LogP contribution >= 0.6 is 27.7 Å². The van der Waals surface area contributed by atoms with Gasteiger partial charge in [-0.1, -0.05) is 25.6 Å². The molecule has 0 aliphatic carbocycles. The van der Waals surface area contributed by atoms with E-state index in [4.69, 9.17) is 0 Å². The van der Waals surface area contributed by atoms with Crippen molar-refractivity contribution in [3.8, 4) is 0 Å². The molecule has 0 spiro atoms. The minimum atomic E-state index is -0.114. The van der Waals surface area contributed by atoms with Crippen LogP contribution in [0.1, 0.15) is 36.5 Å². The molecule has 2 aromatic rings. The lowest BCUT2D eigenvalue weighted by molar-refractivity contribution is 0.0952. The number of pyridine rings is 1. The van der Waals surface area contributed by atoms with Crippen LogP contribution < -0.4 is 5.32 Å². The van der Waals surface area contributed by atoms with E-state index < -0.39 is 0 Å². The van der Waals surface area contributed by atoms with E-state index in [0.717, 1.165) is 34.8 Å². The van der Waals surface area contributed by atoms with Crippen molar-refractivity contribution < 1.29 is 4.79 Å². The molecular weight excluding hydrogens is 390 g/mol. The second-order valence-corrected chi connectivity index (χ2v) is 7.55. The summed E-state index contributed by atoms with van der Waals surface area (Å²) in [4.78, 5) is 16.1. The molecule has 0 aliphatic heterocycles. The fourth-order valence-electron chi connectivity index (χ4n) is 2.29. The number of carbonyl (C=O) groups is 1. The van der Waals surface area contributed by atoms with Gasteiger partial charge in [0.05, 0.1) is 5.56 Å². The second kappa shape index (κ2) is 9.17. The molecule has 0 unspecified atom stereocenters. The Hall–Kier alpha value is -1.41. The Balaban J connectivity index is 1.86. The normalized spacial score (nSPS) is 11.0. The van der Waals surface area contributed by atoms with Gasteiger partial charge in [-0.3, -0.25) is 9.78 Å². The highest BCUT2D eigenvalue weighted by Gasteiger charge is 2.12. The van der Waals surface area contributed by atoms with Gasteiger partial charge in [0.2, 0.25) is 0 Å². The highest BCUT2D eigenvalue weighted by Crippen LogP contribution is 2.16. The smallest absolute Gasteiger partial charge is 0.252 e. The SMILES string of the molecule is CSc1nnc(CCCNC(=O)c2cncc(Br)c2)n1CC(C)C. The summed E-state index contributed by atoms with van der Waals surface area (Å²) in [6, 6.07) is 1.76. The molecule has 1 amide bonds. The first-order valence-corrected chi connectivity index (χ1v) is 9.88. The topological polar surface area (TPSA) is 72.7 Å². The molecule has 0 radical (unpaired) electrons. The van der Waals surface area contributed by atoms with Gasteiger partial charge in [-0.2, -0.15) is 0 Å². The molecule has 0 saturated carbocycles. The molecule has 0 bridgehead atoms. The molecule has 8 heteroatoms. The van der Waals surface area contributed by atoms with E-state index in [9.17, 15) is 4.79 Å². The maximum Gasteiger partial charge on any atom is 0.252 e. The average Bonchev–Trinajstić information content (AvgIpc) is 2.92. The summed E-state index contributed by atoms with van der Waals surface area (Å²) in [5.41, 5.74) is 0.553. The van der Waals surface area contributed by atoms with Gasteiger partial charge in [0.15, 0.2) is 5.16 Å². The number of nitrogens with one attached hydrogen (secondary N) is 1. The third kappa shape index (κ3) is 5.31. The van der Waals surface area contributed by atoms with Gasteiger partial charge in [0.1, 0.15) is 5.82 Å². The Morgan fingerprint density at radius 2 is 2.17 bits per heavy atom. The molecule has 24 heavy (non-hydrogen) atoms. The standard InChI is InChI=1S/C16H22BrN5OS/c1-11(2)10-22-14(20-21-16(22)24-3)5-4-6-19-15(23)12-7-13(17)9-18-8-12/h7-9,11H,4-6,10H2,1-3H3,(H,19,23). The number of aromatic nitrogens is 4. The largest absolute Gasteiger partial charge is 0.352 e. The minimum absolute atomic E-state index is 0.114. The van der Waals surface area contributed by atoms with Crippen LogP contribution in [-0.4, -0.2) is 38.5 Å². The molecule has 2 heterocycles. The van der Waals surface area contributed by atoms with Gasteiger partial charge >= 0.3 is 0 Å². The third-order valence-corrected chi connectivity index (χ3v) is 4.45. The Kier molecular flexibility index (Phi) is 7.23. The van der Waals surface area contributed by atoms with Crippen molar-refractivity contribution >= 4 is 33.6 Å². The van der Waals surface area contributed by atoms with Gasteiger partial charge in [-0.15, -0.1) is 10.2 Å². The monoisotopic (exact) mass is 411 g/mol. The molecule has 0 atom stereocenters. The summed E-state index contributed by atoms with van der Waals surface area (Å²) in [5, 5.41) is 12.4. The van der Waals surface area contributed by atoms with Crippen molar-refractivity contribution in [2.75, 3.05) is 12.8 Å². The summed E-state index contributed by atoms with van der Waals surface area (Å²) in [6.45, 7) is 5.86. The number of thioether (sulfide) groups is 1. The van der Waals surface area contributed by atoms with E-state index in [-0.39, 0.29) is 5.91 Å². The maximum atomic E-state index is 12.1. The lowest BCUT2D eigenvalue weighted by atomic mass is 10.2. The molecule has 0 fully saturated rings. The lowest BCUT2D eigenvalue weighted by Gasteiger charge is -2.11. The summed E-state index contributed by atoms with van der Waals surface area (Å²) < 4.78 is 2.97. The predicted octanol–water partition coefficient (Wildman–Crippen LogP) is 3.18. The van der Waals surface area contributed by atoms with E-state index in [1.807, 2.05) is 6.26 Å². The molecule has 6 nitrogen and oxygen atoms in total. The van der Waals surface area contributed by atoms with Gasteiger partial charge in [0.25, 0.3) is 5.91 Å². The van der Waals surface area contributed by atoms with Gasteiger partial charge < -0.3 is 9.88 Å². The first-order chi connectivity index (χ1) is 11.5. The van der Waals surface area contributed by atoms with Gasteiger partial charge in [-0.05, 0) is 40.6 Å². The van der Waals surface area contributed by atoms with Crippen LogP contribution in [0.5, 0.6) is 0 Å². The zero-order chi connectivity index (χ0) is 17.5. The van der Waals surface area contributed by atoms with Gasteiger partial charge in [-0.25, -0.2) is 0 Å². The number of halogens is 1. The van der Waals surface area contributed by atoms with Crippen molar-refractivity contribution in [1.82, 2.24) is 25.1 Å². The third-order valence-electron chi connectivity index (χ3n) is 3.35. The van der Waals surface area contributed by atoms with Crippen molar-refractivity contribution in [3.05, 3.63) is 34.3 Å². The number of carbonyl (C=O) groups excluding carboxylic acids is 1. The number of rotatable bonds is 8. The van der Waals surface area contributed by atoms with Gasteiger partial charge in [0, 0.05) is 36.4 Å². The minimum Gasteiger partial charge on any atom is -0.352 e. The van der Waals surface area contributed by atoms with Crippen LogP contribution in [0.4, 0.5) is 0 Å². The zero-order valence-corrected chi connectivity index (χ0v) is 16.5. The number of aryl methyl sites for hydroxylation is 1. The van der Waals surface area contributed by atoms with E-state index in [1.165, 1.54) is 0 Å². The number of nitrogens with zero attached hydrogens (tertiary/aromatic N) is 4. The Bertz CT molecular complexity index is 689. The summed E-state index contributed by atoms with van der Waals surface area (Å²) in [7, 11) is 0. The van der Waals surface area contributed by atoms with Crippen LogP contribution in [-0.2, 0) is 13.0 Å². The molecule has 2 rings (SSSR count). The van der Waals surface area contributed by atoms with E-state index in [1.54, 1.807) is 30.2 Å². The van der Waals surface area contributed by atoms with E-state index in [2.05, 4.69) is 54.8 Å². The Labute approximate surface area is 155 Å². The summed E-state index contributed by atoms with van der Waals surface area (Å²) >= 11 is 4.93. The lowest BCUT2D eigenvalue weighted by Crippen LogP contribution is -2.25. The predicted molar refractivity (Wildman–Crippen MR) is 99.2 cm³/mol. The highest BCUT2D eigenvalue weighted by molar-refractivity contribution is 9.10. The van der Waals surface area contributed by atoms with Crippen molar-refractivity contribution in [1.29, 1.82) is 0 Å². The maximum absolute atomic E-state index is 12.1. The molecule has 1 N–H and O–H groups in total. The molecule has 130 valence electrons. The van der Waals surface area contributed by atoms with Crippen LogP contribution in [0.15, 0.2) is 28.1 Å². The van der Waals surface area contributed by atoms with E-state index in [0.29, 0.717) is 18.0 Å². The molecule has 2 aromatic heterocycles. The first kappa shape index (κ1) is 18.9. The number of hydrogen-bond acceptors (Lipinski definition) is 5. The first-order valence-electron chi connectivity index (χ1n) is 7.86. The molecule has 0 aliphatic rings. The Morgan fingerprint density at radius 3 is 2.83 bits per heavy atom. The van der Waals surface area contributed by atoms with Crippen LogP contribution in [0.3, 0.4) is 0 Å². The summed E-state index contributed by atoms with van der Waals surface area (Å²) in [6.07, 6.45) is 6.83. The van der Waals surface area contributed by atoms with Crippen molar-refractivity contribution in [3.63, 3.8) is 0 Å². The fraction of sp³-hybridized carbons (Fsp3) is 0.500. The van der Waals surface area contributed by atoms with Crippen molar-refractivity contribution in [2.45, 2.75) is 38.4 Å². The van der Waals surface area contributed by atoms with E-state index >= 15 is 0 Å². The summed E-state index contributed by atoms with van der Waals surface area (Å²) in [5.74, 6) is 1.40. The number of hydrogen-bond donors (Lipinski definition) is 1. The van der Waals surface area contributed by atoms with Crippen LogP contribution in [0, 0.1) is 5.92 Å². The van der Waals surface area contributed by atoms with Crippen LogP contribution in [0.2, 0.25) is 0 Å². The molecule has 0 saturated heterocycles. The highest BCUT2D eigenvalue weighted by atomic mass is 79.9.